The zero-order chi connectivity index (χ0) is 23.4. The molecule has 8 heteroatoms. The van der Waals surface area contributed by atoms with Gasteiger partial charge < -0.3 is 10.2 Å². The Hall–Kier alpha value is -3.55. The molecule has 0 unspecified atom stereocenters. The van der Waals surface area contributed by atoms with Gasteiger partial charge in [0.15, 0.2) is 0 Å². The molecule has 1 fully saturated rings. The lowest BCUT2D eigenvalue weighted by molar-refractivity contribution is -0.134. The molecule has 3 aromatic rings. The van der Waals surface area contributed by atoms with Gasteiger partial charge in [-0.25, -0.2) is 14.1 Å². The summed E-state index contributed by atoms with van der Waals surface area (Å²) in [7, 11) is 0. The number of aromatic nitrogens is 3. The predicted octanol–water partition coefficient (Wildman–Crippen LogP) is 3.07. The van der Waals surface area contributed by atoms with E-state index in [1.807, 2.05) is 38.1 Å². The fourth-order valence-electron chi connectivity index (χ4n) is 4.44. The van der Waals surface area contributed by atoms with Crippen LogP contribution in [0, 0.1) is 11.2 Å². The molecular formula is C25H28FN5O2. The summed E-state index contributed by atoms with van der Waals surface area (Å²) >= 11 is 0. The molecule has 1 N–H and O–H groups in total. The summed E-state index contributed by atoms with van der Waals surface area (Å²) < 4.78 is 16.1. The molecule has 1 aliphatic rings. The molecule has 4 rings (SSSR count). The number of halogens is 1. The summed E-state index contributed by atoms with van der Waals surface area (Å²) in [6.07, 6.45) is 3.82. The van der Waals surface area contributed by atoms with Crippen LogP contribution in [0.3, 0.4) is 0 Å². The summed E-state index contributed by atoms with van der Waals surface area (Å²) in [5, 5.41) is 7.05. The SMILES string of the molecule is CC(C)NC(=O)[C@@]1(Cc2ccccc2-c2ccccc2F)CCN(C(=O)Cn2cncn2)C1. The van der Waals surface area contributed by atoms with E-state index in [2.05, 4.69) is 15.4 Å². The van der Waals surface area contributed by atoms with Gasteiger partial charge in [0, 0.05) is 24.7 Å². The van der Waals surface area contributed by atoms with Gasteiger partial charge in [0.25, 0.3) is 0 Å². The molecule has 1 saturated heterocycles. The Bertz CT molecular complexity index is 1130. The number of nitrogens with one attached hydrogen (secondary N) is 1. The van der Waals surface area contributed by atoms with Crippen LogP contribution >= 0.6 is 0 Å². The molecule has 0 radical (unpaired) electrons. The Morgan fingerprint density at radius 3 is 2.55 bits per heavy atom. The van der Waals surface area contributed by atoms with Gasteiger partial charge in [-0.05, 0) is 43.9 Å². The molecule has 2 aromatic carbocycles. The molecule has 0 bridgehead atoms. The van der Waals surface area contributed by atoms with Crippen LogP contribution in [0.5, 0.6) is 0 Å². The Balaban J connectivity index is 1.64. The quantitative estimate of drug-likeness (QED) is 0.601. The van der Waals surface area contributed by atoms with Crippen molar-refractivity contribution in [2.24, 2.45) is 5.41 Å². The molecule has 7 nitrogen and oxygen atoms in total. The molecule has 2 heterocycles. The molecular weight excluding hydrogens is 421 g/mol. The second-order valence-corrected chi connectivity index (χ2v) is 8.88. The molecule has 1 aliphatic heterocycles. The summed E-state index contributed by atoms with van der Waals surface area (Å²) in [6, 6.07) is 14.2. The molecule has 0 saturated carbocycles. The minimum atomic E-state index is -0.802. The number of amides is 2. The van der Waals surface area contributed by atoms with Crippen LogP contribution in [0.25, 0.3) is 11.1 Å². The highest BCUT2D eigenvalue weighted by atomic mass is 19.1. The van der Waals surface area contributed by atoms with E-state index in [0.717, 1.165) is 11.1 Å². The fraction of sp³-hybridized carbons (Fsp3) is 0.360. The second-order valence-electron chi connectivity index (χ2n) is 8.88. The first-order valence-electron chi connectivity index (χ1n) is 11.1. The van der Waals surface area contributed by atoms with Gasteiger partial charge in [-0.2, -0.15) is 5.10 Å². The third-order valence-electron chi connectivity index (χ3n) is 6.08. The Kier molecular flexibility index (Phi) is 6.53. The van der Waals surface area contributed by atoms with Gasteiger partial charge in [0.1, 0.15) is 25.0 Å². The van der Waals surface area contributed by atoms with E-state index in [9.17, 15) is 14.0 Å². The smallest absolute Gasteiger partial charge is 0.244 e. The number of hydrogen-bond donors (Lipinski definition) is 1. The van der Waals surface area contributed by atoms with Crippen molar-refractivity contribution in [2.75, 3.05) is 13.1 Å². The van der Waals surface area contributed by atoms with Crippen molar-refractivity contribution < 1.29 is 14.0 Å². The Morgan fingerprint density at radius 1 is 1.12 bits per heavy atom. The number of rotatable bonds is 7. The highest BCUT2D eigenvalue weighted by Gasteiger charge is 2.46. The van der Waals surface area contributed by atoms with Crippen molar-refractivity contribution in [1.82, 2.24) is 25.0 Å². The second kappa shape index (κ2) is 9.52. The van der Waals surface area contributed by atoms with Gasteiger partial charge >= 0.3 is 0 Å². The van der Waals surface area contributed by atoms with Gasteiger partial charge in [-0.3, -0.25) is 9.59 Å². The number of carbonyl (C=O) groups is 2. The zero-order valence-corrected chi connectivity index (χ0v) is 18.9. The first-order chi connectivity index (χ1) is 15.9. The van der Waals surface area contributed by atoms with E-state index < -0.39 is 5.41 Å². The maximum absolute atomic E-state index is 14.6. The van der Waals surface area contributed by atoms with Crippen LogP contribution in [0.4, 0.5) is 4.39 Å². The molecule has 2 amide bonds. The lowest BCUT2D eigenvalue weighted by atomic mass is 9.78. The first kappa shape index (κ1) is 22.6. The van der Waals surface area contributed by atoms with Crippen molar-refractivity contribution in [3.8, 4) is 11.1 Å². The molecule has 33 heavy (non-hydrogen) atoms. The number of likely N-dealkylation sites (tertiary alicyclic amines) is 1. The van der Waals surface area contributed by atoms with Crippen molar-refractivity contribution in [3.63, 3.8) is 0 Å². The number of nitrogens with zero attached hydrogens (tertiary/aromatic N) is 4. The third kappa shape index (κ3) is 4.94. The standard InChI is InChI=1S/C25H28FN5O2/c1-18(2)29-24(33)25(11-12-30(15-25)23(32)14-31-17-27-16-28-31)13-19-7-3-4-8-20(19)21-9-5-6-10-22(21)26/h3-10,16-18H,11-15H2,1-2H3,(H,29,33)/t25-/m1/s1. The fourth-order valence-corrected chi connectivity index (χ4v) is 4.44. The topological polar surface area (TPSA) is 80.1 Å². The van der Waals surface area contributed by atoms with Crippen molar-refractivity contribution in [2.45, 2.75) is 39.3 Å². The van der Waals surface area contributed by atoms with E-state index in [1.54, 1.807) is 23.1 Å². The van der Waals surface area contributed by atoms with Crippen LogP contribution in [0.2, 0.25) is 0 Å². The van der Waals surface area contributed by atoms with Crippen molar-refractivity contribution in [1.29, 1.82) is 0 Å². The van der Waals surface area contributed by atoms with Gasteiger partial charge in [-0.1, -0.05) is 42.5 Å². The van der Waals surface area contributed by atoms with Crippen molar-refractivity contribution in [3.05, 3.63) is 72.6 Å². The minimum absolute atomic E-state index is 0.0314. The maximum atomic E-state index is 14.6. The van der Waals surface area contributed by atoms with Crippen molar-refractivity contribution >= 4 is 11.8 Å². The van der Waals surface area contributed by atoms with E-state index in [1.165, 1.54) is 23.4 Å². The monoisotopic (exact) mass is 449 g/mol. The lowest BCUT2D eigenvalue weighted by Gasteiger charge is -2.30. The highest BCUT2D eigenvalue weighted by molar-refractivity contribution is 5.86. The van der Waals surface area contributed by atoms with E-state index in [4.69, 9.17) is 0 Å². The molecule has 0 aliphatic carbocycles. The normalized spacial score (nSPS) is 18.0. The molecule has 1 aromatic heterocycles. The summed E-state index contributed by atoms with van der Waals surface area (Å²) in [5.41, 5.74) is 1.35. The van der Waals surface area contributed by atoms with E-state index in [-0.39, 0.29) is 30.2 Å². The van der Waals surface area contributed by atoms with Crippen LogP contribution in [-0.4, -0.2) is 50.6 Å². The predicted molar refractivity (Wildman–Crippen MR) is 122 cm³/mol. The Labute approximate surface area is 192 Å². The molecule has 172 valence electrons. The van der Waals surface area contributed by atoms with Crippen LogP contribution in [0.15, 0.2) is 61.2 Å². The van der Waals surface area contributed by atoms with Gasteiger partial charge in [0.05, 0.1) is 5.41 Å². The van der Waals surface area contributed by atoms with Crippen LogP contribution in [0.1, 0.15) is 25.8 Å². The molecule has 0 spiro atoms. The zero-order valence-electron chi connectivity index (χ0n) is 18.9. The van der Waals surface area contributed by atoms with Crippen LogP contribution < -0.4 is 5.32 Å². The maximum Gasteiger partial charge on any atom is 0.244 e. The summed E-state index contributed by atoms with van der Waals surface area (Å²) in [6.45, 7) is 4.68. The summed E-state index contributed by atoms with van der Waals surface area (Å²) in [4.78, 5) is 31.9. The highest BCUT2D eigenvalue weighted by Crippen LogP contribution is 2.38. The number of carbonyl (C=O) groups excluding carboxylic acids is 2. The van der Waals surface area contributed by atoms with Gasteiger partial charge in [0.2, 0.25) is 11.8 Å². The average molecular weight is 450 g/mol. The number of benzene rings is 2. The largest absolute Gasteiger partial charge is 0.353 e. The van der Waals surface area contributed by atoms with E-state index in [0.29, 0.717) is 31.5 Å². The Morgan fingerprint density at radius 2 is 1.85 bits per heavy atom. The number of hydrogen-bond acceptors (Lipinski definition) is 4. The average Bonchev–Trinajstić information content (AvgIpc) is 3.45. The summed E-state index contributed by atoms with van der Waals surface area (Å²) in [5.74, 6) is -0.499. The lowest BCUT2D eigenvalue weighted by Crippen LogP contribution is -2.47. The van der Waals surface area contributed by atoms with E-state index >= 15 is 0 Å². The third-order valence-corrected chi connectivity index (χ3v) is 6.08. The van der Waals surface area contributed by atoms with Gasteiger partial charge in [-0.15, -0.1) is 0 Å². The minimum Gasteiger partial charge on any atom is -0.353 e. The molecule has 1 atom stereocenters. The van der Waals surface area contributed by atoms with Crippen LogP contribution in [-0.2, 0) is 22.6 Å². The first-order valence-corrected chi connectivity index (χ1v) is 11.1.